The van der Waals surface area contributed by atoms with Gasteiger partial charge in [-0.25, -0.2) is 10.5 Å². The van der Waals surface area contributed by atoms with E-state index in [4.69, 9.17) is 10.2 Å². The van der Waals surface area contributed by atoms with E-state index in [-0.39, 0.29) is 0 Å². The first-order valence-corrected chi connectivity index (χ1v) is 9.02. The number of carbonyl (C=O) groups excluding carboxylic acids is 1. The van der Waals surface area contributed by atoms with E-state index in [2.05, 4.69) is 23.6 Å². The predicted octanol–water partition coefficient (Wildman–Crippen LogP) is 3.09. The summed E-state index contributed by atoms with van der Waals surface area (Å²) in [5.41, 5.74) is 5.69. The second kappa shape index (κ2) is 9.96. The van der Waals surface area contributed by atoms with Gasteiger partial charge in [-0.2, -0.15) is 0 Å². The lowest BCUT2D eigenvalue weighted by Gasteiger charge is -2.07. The number of aryl methyl sites for hydroxylation is 1. The van der Waals surface area contributed by atoms with Crippen LogP contribution in [0.15, 0.2) is 24.4 Å². The van der Waals surface area contributed by atoms with Crippen LogP contribution >= 0.6 is 0 Å². The molecule has 2 aromatic heterocycles. The molecule has 2 aromatic rings. The summed E-state index contributed by atoms with van der Waals surface area (Å²) in [6.45, 7) is 6.19. The molecule has 136 valence electrons. The Kier molecular flexibility index (Phi) is 7.63. The maximum Gasteiger partial charge on any atom is 0.267 e. The fraction of sp³-hybridized carbons (Fsp3) is 0.474. The van der Waals surface area contributed by atoms with Crippen molar-refractivity contribution in [1.29, 1.82) is 0 Å². The Balaban J connectivity index is 2.25. The molecule has 0 aromatic carbocycles. The van der Waals surface area contributed by atoms with Crippen LogP contribution in [0.2, 0.25) is 0 Å². The van der Waals surface area contributed by atoms with Crippen LogP contribution < -0.4 is 10.8 Å². The molecule has 6 nitrogen and oxygen atoms in total. The number of nitrogens with one attached hydrogen (secondary N) is 2. The van der Waals surface area contributed by atoms with Gasteiger partial charge in [-0.05, 0) is 49.6 Å². The quantitative estimate of drug-likeness (QED) is 0.268. The van der Waals surface area contributed by atoms with E-state index < -0.39 is 5.91 Å². The number of amides is 1. The zero-order valence-corrected chi connectivity index (χ0v) is 15.1. The van der Waals surface area contributed by atoms with Gasteiger partial charge in [-0.1, -0.05) is 26.7 Å². The van der Waals surface area contributed by atoms with Crippen LogP contribution in [0, 0.1) is 0 Å². The maximum absolute atomic E-state index is 11.1. The summed E-state index contributed by atoms with van der Waals surface area (Å²) in [4.78, 5) is 15.9. The Morgan fingerprint density at radius 2 is 2.12 bits per heavy atom. The van der Waals surface area contributed by atoms with Crippen molar-refractivity contribution in [3.8, 4) is 0 Å². The number of carbonyl (C=O) groups is 1. The number of hydroxylamine groups is 1. The Morgan fingerprint density at radius 3 is 2.84 bits per heavy atom. The molecule has 0 radical (unpaired) electrons. The third kappa shape index (κ3) is 5.41. The van der Waals surface area contributed by atoms with Gasteiger partial charge in [0.15, 0.2) is 0 Å². The largest absolute Gasteiger partial charge is 0.311 e. The Hall–Kier alpha value is -2.18. The second-order valence-electron chi connectivity index (χ2n) is 6.14. The van der Waals surface area contributed by atoms with Crippen LogP contribution in [0.5, 0.6) is 0 Å². The van der Waals surface area contributed by atoms with E-state index >= 15 is 0 Å². The molecule has 0 fully saturated rings. The van der Waals surface area contributed by atoms with Gasteiger partial charge in [-0.3, -0.25) is 10.0 Å². The highest BCUT2D eigenvalue weighted by atomic mass is 16.5. The first-order chi connectivity index (χ1) is 12.2. The number of aromatic nitrogens is 2. The van der Waals surface area contributed by atoms with Crippen molar-refractivity contribution >= 4 is 17.6 Å². The summed E-state index contributed by atoms with van der Waals surface area (Å²) in [6, 6.07) is 3.89. The van der Waals surface area contributed by atoms with Crippen molar-refractivity contribution in [2.45, 2.75) is 52.5 Å². The summed E-state index contributed by atoms with van der Waals surface area (Å²) in [6.07, 6.45) is 10.5. The topological polar surface area (TPSA) is 78.7 Å². The van der Waals surface area contributed by atoms with Crippen LogP contribution in [0.1, 0.15) is 56.5 Å². The molecular formula is C19H28N4O2. The monoisotopic (exact) mass is 344 g/mol. The van der Waals surface area contributed by atoms with E-state index in [0.717, 1.165) is 49.3 Å². The fourth-order valence-corrected chi connectivity index (χ4v) is 2.71. The highest BCUT2D eigenvalue weighted by Crippen LogP contribution is 2.17. The first-order valence-electron chi connectivity index (χ1n) is 9.02. The van der Waals surface area contributed by atoms with Crippen molar-refractivity contribution in [2.24, 2.45) is 0 Å². The molecule has 0 bridgehead atoms. The minimum atomic E-state index is -0.548. The molecule has 0 aliphatic rings. The van der Waals surface area contributed by atoms with Crippen LogP contribution in [0.25, 0.3) is 11.7 Å². The minimum Gasteiger partial charge on any atom is -0.311 e. The van der Waals surface area contributed by atoms with Gasteiger partial charge in [0.05, 0.1) is 11.4 Å². The van der Waals surface area contributed by atoms with Gasteiger partial charge in [-0.15, -0.1) is 0 Å². The molecule has 1 amide bonds. The Labute approximate surface area is 148 Å². The lowest BCUT2D eigenvalue weighted by atomic mass is 10.1. The first kappa shape index (κ1) is 19.1. The highest BCUT2D eigenvalue weighted by Gasteiger charge is 2.11. The SMILES string of the molecule is CCCCNCc1c(CCCC)nc2cc(C=CC(=O)NO)ccn12. The Bertz CT molecular complexity index is 722. The standard InChI is InChI=1S/C19H28N4O2/c1-3-5-7-16-17(14-20-11-6-4-2)23-12-10-15(13-18(23)21-16)8-9-19(24)22-25/h8-10,12-13,20,25H,3-7,11,14H2,1-2H3,(H,22,24). The molecular weight excluding hydrogens is 316 g/mol. The van der Waals surface area contributed by atoms with E-state index in [0.29, 0.717) is 0 Å². The van der Waals surface area contributed by atoms with Crippen LogP contribution in [0.4, 0.5) is 0 Å². The van der Waals surface area contributed by atoms with Gasteiger partial charge in [0.1, 0.15) is 5.65 Å². The molecule has 0 atom stereocenters. The number of nitrogens with zero attached hydrogens (tertiary/aromatic N) is 2. The number of pyridine rings is 1. The van der Waals surface area contributed by atoms with Crippen LogP contribution in [-0.4, -0.2) is 27.0 Å². The fourth-order valence-electron chi connectivity index (χ4n) is 2.71. The van der Waals surface area contributed by atoms with Crippen molar-refractivity contribution in [3.05, 3.63) is 41.4 Å². The smallest absolute Gasteiger partial charge is 0.267 e. The van der Waals surface area contributed by atoms with E-state index in [1.807, 2.05) is 18.3 Å². The Morgan fingerprint density at radius 1 is 1.32 bits per heavy atom. The van der Waals surface area contributed by atoms with Crippen molar-refractivity contribution in [2.75, 3.05) is 6.54 Å². The molecule has 0 saturated heterocycles. The molecule has 0 saturated carbocycles. The third-order valence-corrected chi connectivity index (χ3v) is 4.14. The number of hydrogen-bond donors (Lipinski definition) is 3. The van der Waals surface area contributed by atoms with Crippen molar-refractivity contribution < 1.29 is 10.0 Å². The summed E-state index contributed by atoms with van der Waals surface area (Å²) < 4.78 is 2.12. The maximum atomic E-state index is 11.1. The lowest BCUT2D eigenvalue weighted by molar-refractivity contribution is -0.124. The highest BCUT2D eigenvalue weighted by molar-refractivity contribution is 5.90. The number of rotatable bonds is 10. The number of fused-ring (bicyclic) bond motifs is 1. The zero-order chi connectivity index (χ0) is 18.1. The molecule has 25 heavy (non-hydrogen) atoms. The van der Waals surface area contributed by atoms with Crippen molar-refractivity contribution in [1.82, 2.24) is 20.2 Å². The van der Waals surface area contributed by atoms with Gasteiger partial charge in [0.25, 0.3) is 5.91 Å². The number of hydrogen-bond acceptors (Lipinski definition) is 4. The van der Waals surface area contributed by atoms with Gasteiger partial charge in [0, 0.05) is 18.8 Å². The summed E-state index contributed by atoms with van der Waals surface area (Å²) in [7, 11) is 0. The summed E-state index contributed by atoms with van der Waals surface area (Å²) >= 11 is 0. The normalized spacial score (nSPS) is 11.5. The molecule has 2 heterocycles. The van der Waals surface area contributed by atoms with Gasteiger partial charge >= 0.3 is 0 Å². The summed E-state index contributed by atoms with van der Waals surface area (Å²) in [5.74, 6) is -0.548. The molecule has 0 unspecified atom stereocenters. The second-order valence-corrected chi connectivity index (χ2v) is 6.14. The summed E-state index contributed by atoms with van der Waals surface area (Å²) in [5, 5.41) is 12.1. The van der Waals surface area contributed by atoms with E-state index in [9.17, 15) is 4.79 Å². The van der Waals surface area contributed by atoms with Crippen LogP contribution in [0.3, 0.4) is 0 Å². The molecule has 2 rings (SSSR count). The van der Waals surface area contributed by atoms with E-state index in [1.54, 1.807) is 11.6 Å². The number of unbranched alkanes of at least 4 members (excludes halogenated alkanes) is 2. The van der Waals surface area contributed by atoms with Gasteiger partial charge in [0.2, 0.25) is 0 Å². The minimum absolute atomic E-state index is 0.548. The average molecular weight is 344 g/mol. The van der Waals surface area contributed by atoms with E-state index in [1.165, 1.54) is 24.6 Å². The molecule has 0 aliphatic heterocycles. The molecule has 3 N–H and O–H groups in total. The van der Waals surface area contributed by atoms with Crippen molar-refractivity contribution in [3.63, 3.8) is 0 Å². The predicted molar refractivity (Wildman–Crippen MR) is 99.4 cm³/mol. The van der Waals surface area contributed by atoms with Crippen LogP contribution in [-0.2, 0) is 17.8 Å². The van der Waals surface area contributed by atoms with Gasteiger partial charge < -0.3 is 9.72 Å². The zero-order valence-electron chi connectivity index (χ0n) is 15.1. The molecule has 6 heteroatoms. The lowest BCUT2D eigenvalue weighted by Crippen LogP contribution is -2.17. The molecule has 0 spiro atoms. The molecule has 0 aliphatic carbocycles. The number of imidazole rings is 1. The average Bonchev–Trinajstić information content (AvgIpc) is 2.98. The third-order valence-electron chi connectivity index (χ3n) is 4.14.